The van der Waals surface area contributed by atoms with E-state index in [-0.39, 0.29) is 11.9 Å². The predicted molar refractivity (Wildman–Crippen MR) is 122 cm³/mol. The van der Waals surface area contributed by atoms with Crippen LogP contribution in [0, 0.1) is 0 Å². The molecule has 0 bridgehead atoms. The molecule has 0 spiro atoms. The number of hydrogen-bond acceptors (Lipinski definition) is 5. The minimum atomic E-state index is -0.115. The zero-order valence-corrected chi connectivity index (χ0v) is 18.6. The number of rotatable bonds is 6. The number of amides is 1. The molecule has 6 heteroatoms. The molecule has 0 saturated carbocycles. The Morgan fingerprint density at radius 2 is 1.90 bits per heavy atom. The minimum Gasteiger partial charge on any atom is -0.497 e. The Morgan fingerprint density at radius 1 is 1.10 bits per heavy atom. The fourth-order valence-electron chi connectivity index (χ4n) is 4.51. The molecular formula is C25H31N3O3. The fourth-order valence-corrected chi connectivity index (χ4v) is 4.51. The van der Waals surface area contributed by atoms with Gasteiger partial charge in [-0.15, -0.1) is 0 Å². The number of nitrogens with zero attached hydrogens (tertiary/aromatic N) is 3. The van der Waals surface area contributed by atoms with Crippen LogP contribution in [0.5, 0.6) is 11.5 Å². The van der Waals surface area contributed by atoms with Gasteiger partial charge >= 0.3 is 0 Å². The minimum absolute atomic E-state index is 0.0464. The van der Waals surface area contributed by atoms with Gasteiger partial charge in [0, 0.05) is 24.1 Å². The van der Waals surface area contributed by atoms with Crippen LogP contribution in [-0.2, 0) is 4.79 Å². The molecule has 6 nitrogen and oxygen atoms in total. The lowest BCUT2D eigenvalue weighted by Crippen LogP contribution is -2.44. The van der Waals surface area contributed by atoms with E-state index in [9.17, 15) is 4.79 Å². The van der Waals surface area contributed by atoms with Gasteiger partial charge in [0.25, 0.3) is 5.91 Å². The van der Waals surface area contributed by atoms with E-state index >= 15 is 0 Å². The summed E-state index contributed by atoms with van der Waals surface area (Å²) < 4.78 is 10.9. The van der Waals surface area contributed by atoms with Crippen LogP contribution in [0.15, 0.2) is 53.6 Å². The molecule has 0 radical (unpaired) electrons. The van der Waals surface area contributed by atoms with Crippen molar-refractivity contribution in [3.05, 3.63) is 59.7 Å². The largest absolute Gasteiger partial charge is 0.497 e. The van der Waals surface area contributed by atoms with Crippen LogP contribution in [0.3, 0.4) is 0 Å². The van der Waals surface area contributed by atoms with Gasteiger partial charge in [0.15, 0.2) is 0 Å². The summed E-state index contributed by atoms with van der Waals surface area (Å²) in [5, 5.41) is 6.51. The number of hydrazone groups is 1. The molecule has 2 aliphatic rings. The van der Waals surface area contributed by atoms with Gasteiger partial charge in [-0.25, -0.2) is 5.01 Å². The number of carbonyl (C=O) groups excluding carboxylic acids is 1. The average Bonchev–Trinajstić information content (AvgIpc) is 3.26. The second-order valence-corrected chi connectivity index (χ2v) is 8.30. The molecule has 2 aliphatic heterocycles. The Hall–Kier alpha value is -2.86. The highest BCUT2D eigenvalue weighted by Crippen LogP contribution is 2.36. The molecule has 1 saturated heterocycles. The third kappa shape index (κ3) is 4.59. The van der Waals surface area contributed by atoms with Gasteiger partial charge in [0.05, 0.1) is 32.5 Å². The van der Waals surface area contributed by atoms with E-state index in [2.05, 4.69) is 24.0 Å². The van der Waals surface area contributed by atoms with E-state index in [4.69, 9.17) is 14.6 Å². The topological polar surface area (TPSA) is 54.4 Å². The van der Waals surface area contributed by atoms with Crippen LogP contribution < -0.4 is 9.47 Å². The fraction of sp³-hybridized carbons (Fsp3) is 0.440. The molecule has 0 aliphatic carbocycles. The second kappa shape index (κ2) is 9.52. The lowest BCUT2D eigenvalue weighted by Gasteiger charge is -2.34. The van der Waals surface area contributed by atoms with E-state index in [1.807, 2.05) is 36.4 Å². The molecule has 31 heavy (non-hydrogen) atoms. The molecule has 2 atom stereocenters. The van der Waals surface area contributed by atoms with E-state index < -0.39 is 0 Å². The normalized spacial score (nSPS) is 21.6. The molecule has 2 heterocycles. The highest BCUT2D eigenvalue weighted by atomic mass is 16.5. The number of methoxy groups -OCH3 is 2. The smallest absolute Gasteiger partial charge is 0.257 e. The summed E-state index contributed by atoms with van der Waals surface area (Å²) in [6.45, 7) is 3.59. The predicted octanol–water partition coefficient (Wildman–Crippen LogP) is 4.26. The maximum absolute atomic E-state index is 13.4. The molecular weight excluding hydrogens is 390 g/mol. The van der Waals surface area contributed by atoms with Gasteiger partial charge in [-0.1, -0.05) is 36.8 Å². The first-order valence-electron chi connectivity index (χ1n) is 11.0. The SMILES string of the molecule is COc1ccc(C2=NN(C(=O)CN3CCCCC3C)C(c3ccccc3)C2)c(OC)c1. The van der Waals surface area contributed by atoms with Gasteiger partial charge in [0.1, 0.15) is 11.5 Å². The number of benzene rings is 2. The molecule has 2 unspecified atom stereocenters. The first-order chi connectivity index (χ1) is 15.1. The van der Waals surface area contributed by atoms with Crippen LogP contribution in [0.2, 0.25) is 0 Å². The Balaban J connectivity index is 1.64. The van der Waals surface area contributed by atoms with Gasteiger partial charge in [-0.2, -0.15) is 5.10 Å². The van der Waals surface area contributed by atoms with Crippen molar-refractivity contribution in [3.63, 3.8) is 0 Å². The molecule has 0 N–H and O–H groups in total. The molecule has 1 fully saturated rings. The van der Waals surface area contributed by atoms with Gasteiger partial charge in [-0.05, 0) is 44.0 Å². The quantitative estimate of drug-likeness (QED) is 0.700. The van der Waals surface area contributed by atoms with Crippen molar-refractivity contribution in [2.24, 2.45) is 5.10 Å². The Labute approximate surface area is 184 Å². The zero-order valence-electron chi connectivity index (χ0n) is 18.6. The third-order valence-corrected chi connectivity index (χ3v) is 6.35. The van der Waals surface area contributed by atoms with Gasteiger partial charge in [-0.3, -0.25) is 9.69 Å². The van der Waals surface area contributed by atoms with E-state index in [1.54, 1.807) is 19.2 Å². The first kappa shape index (κ1) is 21.4. The van der Waals surface area contributed by atoms with Crippen molar-refractivity contribution in [1.29, 1.82) is 0 Å². The summed E-state index contributed by atoms with van der Waals surface area (Å²) >= 11 is 0. The maximum atomic E-state index is 13.4. The van der Waals surface area contributed by atoms with Crippen LogP contribution in [0.25, 0.3) is 0 Å². The number of ether oxygens (including phenoxy) is 2. The van der Waals surface area contributed by atoms with Crippen LogP contribution in [-0.4, -0.2) is 54.9 Å². The molecule has 2 aromatic carbocycles. The molecule has 2 aromatic rings. The summed E-state index contributed by atoms with van der Waals surface area (Å²) in [5.74, 6) is 1.47. The number of piperidine rings is 1. The van der Waals surface area contributed by atoms with Crippen LogP contribution in [0.1, 0.15) is 49.8 Å². The summed E-state index contributed by atoms with van der Waals surface area (Å²) in [7, 11) is 3.28. The third-order valence-electron chi connectivity index (χ3n) is 6.35. The Morgan fingerprint density at radius 3 is 2.61 bits per heavy atom. The summed E-state index contributed by atoms with van der Waals surface area (Å²) in [6.07, 6.45) is 4.18. The monoisotopic (exact) mass is 421 g/mol. The Kier molecular flexibility index (Phi) is 6.56. The van der Waals surface area contributed by atoms with E-state index in [1.165, 1.54) is 6.42 Å². The summed E-state index contributed by atoms with van der Waals surface area (Å²) in [6, 6.07) is 16.2. The highest BCUT2D eigenvalue weighted by molar-refractivity contribution is 6.05. The van der Waals surface area contributed by atoms with Crippen molar-refractivity contribution in [1.82, 2.24) is 9.91 Å². The number of likely N-dealkylation sites (tertiary alicyclic amines) is 1. The average molecular weight is 422 g/mol. The number of carbonyl (C=O) groups is 1. The number of hydrogen-bond donors (Lipinski definition) is 0. The molecule has 0 aromatic heterocycles. The van der Waals surface area contributed by atoms with Crippen molar-refractivity contribution in [3.8, 4) is 11.5 Å². The van der Waals surface area contributed by atoms with Crippen molar-refractivity contribution >= 4 is 11.6 Å². The first-order valence-corrected chi connectivity index (χ1v) is 11.0. The Bertz CT molecular complexity index is 944. The lowest BCUT2D eigenvalue weighted by molar-refractivity contribution is -0.135. The van der Waals surface area contributed by atoms with Crippen LogP contribution >= 0.6 is 0 Å². The van der Waals surface area contributed by atoms with Crippen LogP contribution in [0.4, 0.5) is 0 Å². The molecule has 4 rings (SSSR count). The lowest BCUT2D eigenvalue weighted by atomic mass is 9.97. The van der Waals surface area contributed by atoms with Crippen molar-refractivity contribution < 1.29 is 14.3 Å². The summed E-state index contributed by atoms with van der Waals surface area (Å²) in [4.78, 5) is 15.7. The van der Waals surface area contributed by atoms with E-state index in [0.29, 0.717) is 24.8 Å². The maximum Gasteiger partial charge on any atom is 0.257 e. The van der Waals surface area contributed by atoms with Gasteiger partial charge in [0.2, 0.25) is 0 Å². The van der Waals surface area contributed by atoms with Crippen molar-refractivity contribution in [2.45, 2.75) is 44.7 Å². The standard InChI is InChI=1S/C25H31N3O3/c1-18-9-7-8-14-27(18)17-25(29)28-23(19-10-5-4-6-11-19)16-22(26-28)21-13-12-20(30-2)15-24(21)31-3/h4-6,10-13,15,18,23H,7-9,14,16-17H2,1-3H3. The highest BCUT2D eigenvalue weighted by Gasteiger charge is 2.35. The molecule has 164 valence electrons. The van der Waals surface area contributed by atoms with E-state index in [0.717, 1.165) is 42.0 Å². The zero-order chi connectivity index (χ0) is 21.8. The summed E-state index contributed by atoms with van der Waals surface area (Å²) in [5.41, 5.74) is 2.84. The second-order valence-electron chi connectivity index (χ2n) is 8.30. The molecule has 1 amide bonds. The van der Waals surface area contributed by atoms with Crippen molar-refractivity contribution in [2.75, 3.05) is 27.3 Å². The van der Waals surface area contributed by atoms with Gasteiger partial charge < -0.3 is 9.47 Å².